The van der Waals surface area contributed by atoms with Crippen molar-refractivity contribution < 1.29 is 13.2 Å². The van der Waals surface area contributed by atoms with E-state index in [1.807, 2.05) is 42.5 Å². The van der Waals surface area contributed by atoms with Gasteiger partial charge < -0.3 is 9.72 Å². The van der Waals surface area contributed by atoms with Gasteiger partial charge in [0, 0.05) is 26.7 Å². The minimum atomic E-state index is -3.55. The number of hydrogen-bond donors (Lipinski definition) is 2. The molecule has 4 rings (SSSR count). The molecule has 0 aliphatic carbocycles. The molecule has 0 aliphatic heterocycles. The summed E-state index contributed by atoms with van der Waals surface area (Å²) in [6.45, 7) is 0.305. The van der Waals surface area contributed by atoms with Crippen molar-refractivity contribution in [1.82, 2.24) is 9.71 Å². The summed E-state index contributed by atoms with van der Waals surface area (Å²) >= 11 is 2.16. The van der Waals surface area contributed by atoms with Gasteiger partial charge >= 0.3 is 0 Å². The predicted molar refractivity (Wildman–Crippen MR) is 128 cm³/mol. The first-order valence-corrected chi connectivity index (χ1v) is 12.0. The van der Waals surface area contributed by atoms with Crippen molar-refractivity contribution in [3.63, 3.8) is 0 Å². The Morgan fingerprint density at radius 2 is 1.67 bits per heavy atom. The number of rotatable bonds is 7. The van der Waals surface area contributed by atoms with Crippen molar-refractivity contribution in [2.45, 2.75) is 11.3 Å². The van der Waals surface area contributed by atoms with E-state index in [-0.39, 0.29) is 4.90 Å². The fourth-order valence-corrected chi connectivity index (χ4v) is 4.86. The lowest BCUT2D eigenvalue weighted by Gasteiger charge is -2.09. The minimum absolute atomic E-state index is 0.275. The van der Waals surface area contributed by atoms with E-state index in [0.717, 1.165) is 37.0 Å². The maximum absolute atomic E-state index is 12.6. The maximum atomic E-state index is 12.6. The minimum Gasteiger partial charge on any atom is -0.497 e. The van der Waals surface area contributed by atoms with Crippen LogP contribution in [-0.4, -0.2) is 27.1 Å². The molecule has 1 aromatic heterocycles. The fourth-order valence-electron chi connectivity index (χ4n) is 3.47. The molecule has 0 fully saturated rings. The molecule has 4 aromatic rings. The molecule has 0 saturated heterocycles. The van der Waals surface area contributed by atoms with Gasteiger partial charge in [0.05, 0.1) is 12.0 Å². The lowest BCUT2D eigenvalue weighted by Crippen LogP contribution is -2.26. The van der Waals surface area contributed by atoms with Crippen molar-refractivity contribution in [2.24, 2.45) is 0 Å². The lowest BCUT2D eigenvalue weighted by molar-refractivity contribution is 0.415. The van der Waals surface area contributed by atoms with Gasteiger partial charge in [0.25, 0.3) is 0 Å². The van der Waals surface area contributed by atoms with E-state index in [9.17, 15) is 8.42 Å². The van der Waals surface area contributed by atoms with E-state index in [0.29, 0.717) is 13.0 Å². The zero-order valence-electron chi connectivity index (χ0n) is 16.4. The standard InChI is InChI=1S/C23H21IN2O3S/c1-29-18-10-6-16(7-11-18)23-21(20-4-2-3-5-22(20)26-23)14-15-25-30(27,28)19-12-8-17(24)9-13-19/h2-13,25-26H,14-15H2,1H3. The summed E-state index contributed by atoms with van der Waals surface area (Å²) in [5, 5.41) is 1.09. The van der Waals surface area contributed by atoms with Gasteiger partial charge in [-0.05, 0) is 94.7 Å². The van der Waals surface area contributed by atoms with Crippen LogP contribution in [0.15, 0.2) is 77.7 Å². The molecule has 30 heavy (non-hydrogen) atoms. The van der Waals surface area contributed by atoms with E-state index in [1.54, 1.807) is 31.4 Å². The van der Waals surface area contributed by atoms with Crippen LogP contribution in [0.5, 0.6) is 5.75 Å². The maximum Gasteiger partial charge on any atom is 0.240 e. The zero-order valence-corrected chi connectivity index (χ0v) is 19.3. The third-order valence-corrected chi connectivity index (χ3v) is 7.18. The van der Waals surface area contributed by atoms with Crippen LogP contribution in [0.1, 0.15) is 5.56 Å². The summed E-state index contributed by atoms with van der Waals surface area (Å²) in [6, 6.07) is 22.7. The van der Waals surface area contributed by atoms with Crippen LogP contribution in [-0.2, 0) is 16.4 Å². The molecule has 0 saturated carbocycles. The Morgan fingerprint density at radius 3 is 2.37 bits per heavy atom. The van der Waals surface area contributed by atoms with Crippen molar-refractivity contribution >= 4 is 43.5 Å². The number of benzene rings is 3. The summed E-state index contributed by atoms with van der Waals surface area (Å²) in [6.07, 6.45) is 0.564. The number of H-pyrrole nitrogens is 1. The third-order valence-electron chi connectivity index (χ3n) is 4.98. The van der Waals surface area contributed by atoms with Crippen molar-refractivity contribution in [1.29, 1.82) is 0 Å². The molecule has 1 heterocycles. The summed E-state index contributed by atoms with van der Waals surface area (Å²) in [7, 11) is -1.91. The molecule has 0 amide bonds. The van der Waals surface area contributed by atoms with Crippen molar-refractivity contribution in [3.05, 3.63) is 81.9 Å². The monoisotopic (exact) mass is 532 g/mol. The highest BCUT2D eigenvalue weighted by Gasteiger charge is 2.16. The number of para-hydroxylation sites is 1. The van der Waals surface area contributed by atoms with E-state index in [4.69, 9.17) is 4.74 Å². The Morgan fingerprint density at radius 1 is 0.967 bits per heavy atom. The predicted octanol–water partition coefficient (Wildman–Crippen LogP) is 4.97. The molecule has 154 valence electrons. The molecule has 5 nitrogen and oxygen atoms in total. The van der Waals surface area contributed by atoms with E-state index < -0.39 is 10.0 Å². The van der Waals surface area contributed by atoms with Crippen LogP contribution in [0, 0.1) is 3.57 Å². The molecule has 0 unspecified atom stereocenters. The van der Waals surface area contributed by atoms with Gasteiger partial charge in [-0.2, -0.15) is 0 Å². The highest BCUT2D eigenvalue weighted by atomic mass is 127. The van der Waals surface area contributed by atoms with Crippen LogP contribution in [0.3, 0.4) is 0 Å². The number of aromatic nitrogens is 1. The average molecular weight is 532 g/mol. The summed E-state index contributed by atoms with van der Waals surface area (Å²) in [4.78, 5) is 3.76. The second kappa shape index (κ2) is 8.79. The summed E-state index contributed by atoms with van der Waals surface area (Å²) in [5.41, 5.74) is 4.13. The van der Waals surface area contributed by atoms with Gasteiger partial charge in [0.1, 0.15) is 5.75 Å². The molecule has 0 atom stereocenters. The SMILES string of the molecule is COc1ccc(-c2[nH]c3ccccc3c2CCNS(=O)(=O)c2ccc(I)cc2)cc1. The van der Waals surface area contributed by atoms with Crippen LogP contribution < -0.4 is 9.46 Å². The molecule has 3 aromatic carbocycles. The second-order valence-electron chi connectivity index (χ2n) is 6.85. The number of halogens is 1. The van der Waals surface area contributed by atoms with Gasteiger partial charge in [0.15, 0.2) is 0 Å². The molecular formula is C23H21IN2O3S. The number of nitrogens with one attached hydrogen (secondary N) is 2. The quantitative estimate of drug-likeness (QED) is 0.331. The number of methoxy groups -OCH3 is 1. The molecule has 0 aliphatic rings. The Labute approximate surface area is 189 Å². The molecule has 0 radical (unpaired) electrons. The number of ether oxygens (including phenoxy) is 1. The number of sulfonamides is 1. The highest BCUT2D eigenvalue weighted by Crippen LogP contribution is 2.31. The summed E-state index contributed by atoms with van der Waals surface area (Å²) < 4.78 is 34.2. The normalized spacial score (nSPS) is 11.7. The van der Waals surface area contributed by atoms with Crippen molar-refractivity contribution in [3.8, 4) is 17.0 Å². The molecule has 0 spiro atoms. The molecular weight excluding hydrogens is 511 g/mol. The van der Waals surface area contributed by atoms with E-state index in [1.165, 1.54) is 0 Å². The van der Waals surface area contributed by atoms with E-state index >= 15 is 0 Å². The summed E-state index contributed by atoms with van der Waals surface area (Å²) in [5.74, 6) is 0.793. The smallest absolute Gasteiger partial charge is 0.240 e. The number of aromatic amines is 1. The van der Waals surface area contributed by atoms with Gasteiger partial charge in [0.2, 0.25) is 10.0 Å². The largest absolute Gasteiger partial charge is 0.497 e. The van der Waals surface area contributed by atoms with E-state index in [2.05, 4.69) is 38.4 Å². The lowest BCUT2D eigenvalue weighted by atomic mass is 10.0. The van der Waals surface area contributed by atoms with Gasteiger partial charge in [-0.3, -0.25) is 0 Å². The Balaban J connectivity index is 1.61. The fraction of sp³-hybridized carbons (Fsp3) is 0.130. The van der Waals surface area contributed by atoms with Gasteiger partial charge in [-0.25, -0.2) is 13.1 Å². The topological polar surface area (TPSA) is 71.2 Å². The van der Waals surface area contributed by atoms with Crippen LogP contribution >= 0.6 is 22.6 Å². The van der Waals surface area contributed by atoms with Crippen LogP contribution in [0.2, 0.25) is 0 Å². The second-order valence-corrected chi connectivity index (χ2v) is 9.87. The van der Waals surface area contributed by atoms with Gasteiger partial charge in [-0.1, -0.05) is 18.2 Å². The first kappa shape index (κ1) is 20.9. The van der Waals surface area contributed by atoms with Gasteiger partial charge in [-0.15, -0.1) is 0 Å². The van der Waals surface area contributed by atoms with Crippen LogP contribution in [0.4, 0.5) is 0 Å². The molecule has 7 heteroatoms. The Bertz CT molecular complexity index is 1260. The molecule has 0 bridgehead atoms. The first-order valence-electron chi connectivity index (χ1n) is 9.47. The highest BCUT2D eigenvalue weighted by molar-refractivity contribution is 14.1. The molecule has 2 N–H and O–H groups in total. The average Bonchev–Trinajstić information content (AvgIpc) is 3.13. The number of hydrogen-bond acceptors (Lipinski definition) is 3. The third kappa shape index (κ3) is 4.38. The van der Waals surface area contributed by atoms with Crippen molar-refractivity contribution in [2.75, 3.05) is 13.7 Å². The van der Waals surface area contributed by atoms with Crippen LogP contribution in [0.25, 0.3) is 22.2 Å². The Kier molecular flexibility index (Phi) is 6.12. The zero-order chi connectivity index (χ0) is 21.1. The number of fused-ring (bicyclic) bond motifs is 1. The Hall–Kier alpha value is -2.36. The first-order chi connectivity index (χ1) is 14.5.